The van der Waals surface area contributed by atoms with Gasteiger partial charge in [-0.05, 0) is 31.5 Å². The highest BCUT2D eigenvalue weighted by molar-refractivity contribution is 7.99. The molecular formula is C15H14F6N2S. The van der Waals surface area contributed by atoms with Crippen LogP contribution in [-0.4, -0.2) is 27.9 Å². The Balaban J connectivity index is 2.36. The summed E-state index contributed by atoms with van der Waals surface area (Å²) < 4.78 is 75.9. The van der Waals surface area contributed by atoms with E-state index in [0.29, 0.717) is 33.5 Å². The second-order valence-electron chi connectivity index (χ2n) is 5.33. The van der Waals surface area contributed by atoms with Crippen LogP contribution < -0.4 is 0 Å². The molecule has 0 aliphatic rings. The number of aromatic nitrogens is 2. The fourth-order valence-electron chi connectivity index (χ4n) is 2.14. The average Bonchev–Trinajstić information content (AvgIpc) is 2.75. The molecule has 2 nitrogen and oxygen atoms in total. The van der Waals surface area contributed by atoms with E-state index in [1.807, 2.05) is 0 Å². The Kier molecular flexibility index (Phi) is 5.22. The minimum atomic E-state index is -4.44. The molecule has 2 aromatic rings. The van der Waals surface area contributed by atoms with Crippen molar-refractivity contribution in [2.45, 2.75) is 37.6 Å². The number of thioether (sulfide) groups is 1. The van der Waals surface area contributed by atoms with Gasteiger partial charge >= 0.3 is 12.4 Å². The first-order valence-corrected chi connectivity index (χ1v) is 7.85. The molecule has 24 heavy (non-hydrogen) atoms. The van der Waals surface area contributed by atoms with Crippen LogP contribution in [0.1, 0.15) is 11.3 Å². The zero-order valence-electron chi connectivity index (χ0n) is 12.8. The number of hydrogen-bond acceptors (Lipinski definition) is 2. The third-order valence-corrected chi connectivity index (χ3v) is 4.33. The highest BCUT2D eigenvalue weighted by Gasteiger charge is 2.30. The molecule has 132 valence electrons. The monoisotopic (exact) mass is 368 g/mol. The molecule has 0 unspecified atom stereocenters. The SMILES string of the molecule is Cc1cc(-c2ccc(C)c(SCC(F)(F)F)c2)n(CC(F)(F)F)n1. The van der Waals surface area contributed by atoms with Crippen molar-refractivity contribution in [1.82, 2.24) is 9.78 Å². The summed E-state index contributed by atoms with van der Waals surface area (Å²) in [6.45, 7) is 1.96. The van der Waals surface area contributed by atoms with Crippen LogP contribution in [0.2, 0.25) is 0 Å². The van der Waals surface area contributed by atoms with Gasteiger partial charge in [-0.2, -0.15) is 31.4 Å². The maximum atomic E-state index is 12.7. The van der Waals surface area contributed by atoms with Crippen molar-refractivity contribution in [3.05, 3.63) is 35.5 Å². The summed E-state index contributed by atoms with van der Waals surface area (Å²) in [5, 5.41) is 3.82. The zero-order valence-corrected chi connectivity index (χ0v) is 13.6. The zero-order chi connectivity index (χ0) is 18.1. The van der Waals surface area contributed by atoms with Gasteiger partial charge in [0.25, 0.3) is 0 Å². The van der Waals surface area contributed by atoms with Gasteiger partial charge in [0.2, 0.25) is 0 Å². The number of hydrogen-bond donors (Lipinski definition) is 0. The van der Waals surface area contributed by atoms with Gasteiger partial charge in [0.05, 0.1) is 17.1 Å². The van der Waals surface area contributed by atoms with E-state index in [4.69, 9.17) is 0 Å². The average molecular weight is 368 g/mol. The number of benzene rings is 1. The van der Waals surface area contributed by atoms with Crippen LogP contribution in [0, 0.1) is 13.8 Å². The van der Waals surface area contributed by atoms with Crippen LogP contribution in [0.5, 0.6) is 0 Å². The molecule has 9 heteroatoms. The first kappa shape index (κ1) is 18.7. The molecule has 1 aromatic heterocycles. The van der Waals surface area contributed by atoms with E-state index >= 15 is 0 Å². The number of nitrogens with zero attached hydrogens (tertiary/aromatic N) is 2. The van der Waals surface area contributed by atoms with Crippen LogP contribution in [0.25, 0.3) is 11.3 Å². The van der Waals surface area contributed by atoms with Crippen molar-refractivity contribution in [1.29, 1.82) is 0 Å². The molecule has 0 aliphatic carbocycles. The van der Waals surface area contributed by atoms with Gasteiger partial charge in [-0.3, -0.25) is 4.68 Å². The Bertz CT molecular complexity index is 718. The Morgan fingerprint density at radius 2 is 1.67 bits per heavy atom. The summed E-state index contributed by atoms with van der Waals surface area (Å²) in [7, 11) is 0. The predicted octanol–water partition coefficient (Wildman–Crippen LogP) is 5.38. The van der Waals surface area contributed by atoms with Gasteiger partial charge in [-0.1, -0.05) is 12.1 Å². The Morgan fingerprint density at radius 1 is 1.00 bits per heavy atom. The lowest BCUT2D eigenvalue weighted by Gasteiger charge is -2.13. The summed E-state index contributed by atoms with van der Waals surface area (Å²) in [5.41, 5.74) is 1.65. The second kappa shape index (κ2) is 6.70. The van der Waals surface area contributed by atoms with Crippen molar-refractivity contribution in [3.63, 3.8) is 0 Å². The van der Waals surface area contributed by atoms with Crippen LogP contribution >= 0.6 is 11.8 Å². The minimum Gasteiger partial charge on any atom is -0.255 e. The van der Waals surface area contributed by atoms with Gasteiger partial charge in [-0.15, -0.1) is 11.8 Å². The lowest BCUT2D eigenvalue weighted by Crippen LogP contribution is -2.19. The third kappa shape index (κ3) is 5.19. The van der Waals surface area contributed by atoms with E-state index in [9.17, 15) is 26.3 Å². The van der Waals surface area contributed by atoms with Gasteiger partial charge < -0.3 is 0 Å². The quantitative estimate of drug-likeness (QED) is 0.532. The second-order valence-corrected chi connectivity index (χ2v) is 6.35. The van der Waals surface area contributed by atoms with Crippen LogP contribution in [0.15, 0.2) is 29.2 Å². The van der Waals surface area contributed by atoms with Gasteiger partial charge in [0.15, 0.2) is 0 Å². The summed E-state index contributed by atoms with van der Waals surface area (Å²) in [4.78, 5) is 0.377. The molecule has 0 bridgehead atoms. The Labute approximate surface area is 138 Å². The molecule has 0 saturated heterocycles. The van der Waals surface area contributed by atoms with Gasteiger partial charge in [-0.25, -0.2) is 0 Å². The Morgan fingerprint density at radius 3 is 2.25 bits per heavy atom. The number of alkyl halides is 6. The topological polar surface area (TPSA) is 17.8 Å². The number of aryl methyl sites for hydroxylation is 2. The van der Waals surface area contributed by atoms with E-state index in [1.54, 1.807) is 26.0 Å². The van der Waals surface area contributed by atoms with E-state index < -0.39 is 24.7 Å². The molecular weight excluding hydrogens is 354 g/mol. The molecule has 2 rings (SSSR count). The van der Waals surface area contributed by atoms with Crippen molar-refractivity contribution >= 4 is 11.8 Å². The Hall–Kier alpha value is -1.64. The van der Waals surface area contributed by atoms with E-state index in [-0.39, 0.29) is 5.69 Å². The maximum absolute atomic E-state index is 12.7. The smallest absolute Gasteiger partial charge is 0.255 e. The molecule has 0 atom stereocenters. The normalized spacial score (nSPS) is 12.7. The summed E-state index contributed by atoms with van der Waals surface area (Å²) in [6.07, 6.45) is -8.76. The summed E-state index contributed by atoms with van der Waals surface area (Å²) in [6, 6.07) is 6.12. The highest BCUT2D eigenvalue weighted by Crippen LogP contribution is 2.33. The largest absolute Gasteiger partial charge is 0.408 e. The number of halogens is 6. The molecule has 1 heterocycles. The molecule has 0 amide bonds. The van der Waals surface area contributed by atoms with Gasteiger partial charge in [0.1, 0.15) is 6.54 Å². The van der Waals surface area contributed by atoms with Crippen molar-refractivity contribution < 1.29 is 26.3 Å². The molecule has 1 aromatic carbocycles. The van der Waals surface area contributed by atoms with E-state index in [1.165, 1.54) is 12.1 Å². The van der Waals surface area contributed by atoms with Crippen LogP contribution in [0.4, 0.5) is 26.3 Å². The third-order valence-electron chi connectivity index (χ3n) is 3.11. The molecule has 0 N–H and O–H groups in total. The molecule has 0 saturated carbocycles. The van der Waals surface area contributed by atoms with Gasteiger partial charge in [0, 0.05) is 10.5 Å². The number of rotatable bonds is 4. The molecule has 0 radical (unpaired) electrons. The van der Waals surface area contributed by atoms with Crippen molar-refractivity contribution in [2.24, 2.45) is 0 Å². The van der Waals surface area contributed by atoms with Crippen LogP contribution in [0.3, 0.4) is 0 Å². The first-order chi connectivity index (χ1) is 10.9. The van der Waals surface area contributed by atoms with Crippen LogP contribution in [-0.2, 0) is 6.54 Å². The summed E-state index contributed by atoms with van der Waals surface area (Å²) >= 11 is 0.612. The fraction of sp³-hybridized carbons (Fsp3) is 0.400. The predicted molar refractivity (Wildman–Crippen MR) is 80.0 cm³/mol. The standard InChI is InChI=1S/C15H14F6N2S/c1-9-3-4-11(6-13(9)24-8-15(19,20)21)12-5-10(2)22-23(12)7-14(16,17)18/h3-6H,7-8H2,1-2H3. The van der Waals surface area contributed by atoms with E-state index in [0.717, 1.165) is 4.68 Å². The lowest BCUT2D eigenvalue weighted by molar-refractivity contribution is -0.142. The fourth-order valence-corrected chi connectivity index (χ4v) is 2.97. The highest BCUT2D eigenvalue weighted by atomic mass is 32.2. The maximum Gasteiger partial charge on any atom is 0.408 e. The minimum absolute atomic E-state index is 0.221. The van der Waals surface area contributed by atoms with Crippen molar-refractivity contribution in [2.75, 3.05) is 5.75 Å². The van der Waals surface area contributed by atoms with E-state index in [2.05, 4.69) is 5.10 Å². The lowest BCUT2D eigenvalue weighted by atomic mass is 10.1. The molecule has 0 fully saturated rings. The molecule has 0 aliphatic heterocycles. The summed E-state index contributed by atoms with van der Waals surface area (Å²) in [5.74, 6) is -1.06. The first-order valence-electron chi connectivity index (χ1n) is 6.86. The van der Waals surface area contributed by atoms with Crippen molar-refractivity contribution in [3.8, 4) is 11.3 Å². The molecule has 0 spiro atoms.